The average molecular weight is 308 g/mol. The predicted octanol–water partition coefficient (Wildman–Crippen LogP) is 2.44. The van der Waals surface area contributed by atoms with E-state index in [-0.39, 0.29) is 12.6 Å². The van der Waals surface area contributed by atoms with Gasteiger partial charge < -0.3 is 10.0 Å². The van der Waals surface area contributed by atoms with Gasteiger partial charge >= 0.3 is 12.0 Å². The minimum atomic E-state index is -1.01. The van der Waals surface area contributed by atoms with Crippen LogP contribution in [0.15, 0.2) is 24.3 Å². The first kappa shape index (κ1) is 15.7. The molecule has 1 unspecified atom stereocenters. The first-order chi connectivity index (χ1) is 9.97. The Morgan fingerprint density at radius 1 is 1.38 bits per heavy atom. The van der Waals surface area contributed by atoms with Gasteiger partial charge in [-0.25, -0.2) is 4.79 Å². The van der Waals surface area contributed by atoms with Crippen molar-refractivity contribution in [3.63, 3.8) is 0 Å². The molecule has 5 nitrogen and oxygen atoms in total. The second kappa shape index (κ2) is 6.85. The molecule has 1 aliphatic rings. The summed E-state index contributed by atoms with van der Waals surface area (Å²) in [6.07, 6.45) is 0. The number of thioether (sulfide) groups is 1. The third-order valence-electron chi connectivity index (χ3n) is 3.38. The van der Waals surface area contributed by atoms with Crippen LogP contribution in [0.3, 0.4) is 0 Å². The van der Waals surface area contributed by atoms with E-state index in [1.165, 1.54) is 4.90 Å². The number of nitrogens with zero attached hydrogens (tertiary/aromatic N) is 2. The lowest BCUT2D eigenvalue weighted by atomic mass is 10.2. The van der Waals surface area contributed by atoms with Crippen LogP contribution < -0.4 is 4.90 Å². The van der Waals surface area contributed by atoms with Gasteiger partial charge in [-0.3, -0.25) is 9.69 Å². The molecule has 0 radical (unpaired) electrons. The zero-order chi connectivity index (χ0) is 15.4. The van der Waals surface area contributed by atoms with E-state index in [2.05, 4.69) is 6.92 Å². The van der Waals surface area contributed by atoms with Gasteiger partial charge in [0.1, 0.15) is 6.54 Å². The van der Waals surface area contributed by atoms with Gasteiger partial charge in [0.05, 0.1) is 0 Å². The van der Waals surface area contributed by atoms with Gasteiger partial charge in [0.15, 0.2) is 0 Å². The number of hydrogen-bond donors (Lipinski definition) is 1. The Labute approximate surface area is 128 Å². The van der Waals surface area contributed by atoms with Crippen LogP contribution in [0.5, 0.6) is 0 Å². The Kier molecular flexibility index (Phi) is 5.12. The van der Waals surface area contributed by atoms with Crippen molar-refractivity contribution in [2.75, 3.05) is 30.3 Å². The summed E-state index contributed by atoms with van der Waals surface area (Å²) in [7, 11) is 0. The van der Waals surface area contributed by atoms with Crippen LogP contribution in [0.2, 0.25) is 0 Å². The monoisotopic (exact) mass is 308 g/mol. The van der Waals surface area contributed by atoms with Crippen LogP contribution in [0.25, 0.3) is 0 Å². The molecule has 1 N–H and O–H groups in total. The normalized spacial score (nSPS) is 18.4. The predicted molar refractivity (Wildman–Crippen MR) is 85.0 cm³/mol. The molecule has 1 heterocycles. The van der Waals surface area contributed by atoms with Crippen molar-refractivity contribution in [3.05, 3.63) is 29.8 Å². The van der Waals surface area contributed by atoms with Crippen molar-refractivity contribution >= 4 is 29.4 Å². The molecular formula is C15H20N2O3S. The van der Waals surface area contributed by atoms with Crippen molar-refractivity contribution in [1.29, 1.82) is 0 Å². The number of carbonyl (C=O) groups excluding carboxylic acids is 1. The quantitative estimate of drug-likeness (QED) is 0.931. The van der Waals surface area contributed by atoms with E-state index in [4.69, 9.17) is 5.11 Å². The molecule has 0 saturated carbocycles. The number of anilines is 1. The van der Waals surface area contributed by atoms with Crippen LogP contribution in [0.4, 0.5) is 10.5 Å². The number of aliphatic carboxylic acids is 1. The maximum atomic E-state index is 12.6. The molecule has 1 fully saturated rings. The highest BCUT2D eigenvalue weighted by atomic mass is 32.2. The summed E-state index contributed by atoms with van der Waals surface area (Å²) in [4.78, 5) is 26.8. The molecule has 0 spiro atoms. The van der Waals surface area contributed by atoms with Crippen LogP contribution in [0.1, 0.15) is 12.5 Å². The Hall–Kier alpha value is -1.69. The van der Waals surface area contributed by atoms with Gasteiger partial charge in [-0.05, 0) is 19.1 Å². The van der Waals surface area contributed by atoms with E-state index < -0.39 is 5.97 Å². The third-order valence-corrected chi connectivity index (χ3v) is 4.52. The molecule has 2 rings (SSSR count). The first-order valence-electron chi connectivity index (χ1n) is 6.94. The van der Waals surface area contributed by atoms with Crippen LogP contribution in [0, 0.1) is 6.92 Å². The zero-order valence-electron chi connectivity index (χ0n) is 12.3. The lowest BCUT2D eigenvalue weighted by Gasteiger charge is -2.34. The number of aryl methyl sites for hydroxylation is 1. The minimum Gasteiger partial charge on any atom is -0.480 e. The number of urea groups is 1. The summed E-state index contributed by atoms with van der Waals surface area (Å²) in [5, 5.41) is 9.46. The molecule has 0 bridgehead atoms. The van der Waals surface area contributed by atoms with Gasteiger partial charge in [0.2, 0.25) is 0 Å². The van der Waals surface area contributed by atoms with E-state index in [1.54, 1.807) is 17.0 Å². The fraction of sp³-hybridized carbons (Fsp3) is 0.467. The van der Waals surface area contributed by atoms with Gasteiger partial charge in [0, 0.05) is 29.8 Å². The fourth-order valence-electron chi connectivity index (χ4n) is 2.29. The third kappa shape index (κ3) is 4.14. The van der Waals surface area contributed by atoms with Crippen LogP contribution in [-0.4, -0.2) is 52.6 Å². The molecule has 1 atom stereocenters. The average Bonchev–Trinajstić information content (AvgIpc) is 2.45. The summed E-state index contributed by atoms with van der Waals surface area (Å²) < 4.78 is 0. The number of amides is 2. The van der Waals surface area contributed by atoms with Crippen molar-refractivity contribution in [3.8, 4) is 0 Å². The van der Waals surface area contributed by atoms with Gasteiger partial charge in [0.25, 0.3) is 0 Å². The Morgan fingerprint density at radius 3 is 2.62 bits per heavy atom. The number of carboxylic acid groups (broad SMARTS) is 1. The Morgan fingerprint density at radius 2 is 2.05 bits per heavy atom. The number of hydrogen-bond acceptors (Lipinski definition) is 3. The highest BCUT2D eigenvalue weighted by Crippen LogP contribution is 2.22. The van der Waals surface area contributed by atoms with Gasteiger partial charge in [-0.2, -0.15) is 11.8 Å². The number of carbonyl (C=O) groups is 2. The van der Waals surface area contributed by atoms with Crippen molar-refractivity contribution in [1.82, 2.24) is 4.90 Å². The van der Waals surface area contributed by atoms with Crippen molar-refractivity contribution in [2.24, 2.45) is 0 Å². The van der Waals surface area contributed by atoms with E-state index in [1.807, 2.05) is 30.8 Å². The van der Waals surface area contributed by atoms with Gasteiger partial charge in [-0.15, -0.1) is 0 Å². The van der Waals surface area contributed by atoms with E-state index >= 15 is 0 Å². The molecule has 0 aliphatic carbocycles. The maximum absolute atomic E-state index is 12.6. The first-order valence-corrected chi connectivity index (χ1v) is 7.99. The highest BCUT2D eigenvalue weighted by molar-refractivity contribution is 7.99. The molecule has 1 aliphatic heterocycles. The Bertz CT molecular complexity index is 518. The molecule has 1 aromatic carbocycles. The second-order valence-electron chi connectivity index (χ2n) is 5.23. The Balaban J connectivity index is 2.20. The summed E-state index contributed by atoms with van der Waals surface area (Å²) >= 11 is 1.83. The second-order valence-corrected chi connectivity index (χ2v) is 6.77. The lowest BCUT2D eigenvalue weighted by molar-refractivity contribution is -0.135. The summed E-state index contributed by atoms with van der Waals surface area (Å²) in [6, 6.07) is 7.11. The largest absolute Gasteiger partial charge is 0.480 e. The van der Waals surface area contributed by atoms with Crippen LogP contribution in [-0.2, 0) is 4.79 Å². The molecule has 114 valence electrons. The lowest BCUT2D eigenvalue weighted by Crippen LogP contribution is -2.50. The topological polar surface area (TPSA) is 60.9 Å². The van der Waals surface area contributed by atoms with E-state index in [0.29, 0.717) is 24.0 Å². The highest BCUT2D eigenvalue weighted by Gasteiger charge is 2.27. The number of rotatable bonds is 3. The fourth-order valence-corrected chi connectivity index (χ4v) is 3.31. The van der Waals surface area contributed by atoms with E-state index in [0.717, 1.165) is 11.3 Å². The van der Waals surface area contributed by atoms with Gasteiger partial charge in [-0.1, -0.05) is 24.6 Å². The number of benzene rings is 1. The number of carboxylic acids is 1. The molecule has 1 saturated heterocycles. The zero-order valence-corrected chi connectivity index (χ0v) is 13.1. The summed E-state index contributed by atoms with van der Waals surface area (Å²) in [6.45, 7) is 5.04. The SMILES string of the molecule is Cc1ccc(N(CC(=O)O)C(=O)N2CCSC(C)C2)cc1. The van der Waals surface area contributed by atoms with Crippen molar-refractivity contribution < 1.29 is 14.7 Å². The summed E-state index contributed by atoms with van der Waals surface area (Å²) in [5.74, 6) is -0.120. The smallest absolute Gasteiger partial charge is 0.325 e. The summed E-state index contributed by atoms with van der Waals surface area (Å²) in [5.41, 5.74) is 1.70. The molecule has 21 heavy (non-hydrogen) atoms. The van der Waals surface area contributed by atoms with Crippen molar-refractivity contribution in [2.45, 2.75) is 19.1 Å². The molecule has 1 aromatic rings. The van der Waals surface area contributed by atoms with E-state index in [9.17, 15) is 9.59 Å². The minimum absolute atomic E-state index is 0.228. The molecule has 0 aromatic heterocycles. The standard InChI is InChI=1S/C15H20N2O3S/c1-11-3-5-13(6-4-11)17(10-14(18)19)15(20)16-7-8-21-12(2)9-16/h3-6,12H,7-10H2,1-2H3,(H,18,19). The molecule has 2 amide bonds. The molecule has 6 heteroatoms. The molecular weight excluding hydrogens is 288 g/mol. The maximum Gasteiger partial charge on any atom is 0.325 e. The van der Waals surface area contributed by atoms with Crippen LogP contribution >= 0.6 is 11.8 Å².